The van der Waals surface area contributed by atoms with Crippen LogP contribution in [0.25, 0.3) is 0 Å². The van der Waals surface area contributed by atoms with Gasteiger partial charge in [-0.25, -0.2) is 9.78 Å². The largest absolute Gasteiger partial charge is 0.427 e. The standard InChI is InChI=1S/C21H25N5O7S3/c1-5-6-34-11-8-35-17-13(24-15(27)12(25-31)10-7-36-20(22)23-10)16(28)26(17)14(11)18(29)32-9-33-19(30)21(2,3)4/h5,7,13,17,31H,1,6,8-9H2,2-4H3,(H2,22,23)(H,24,27)/b25-12-/t13-,17-/m1/s1. The second kappa shape index (κ2) is 11.3. The van der Waals surface area contributed by atoms with Gasteiger partial charge in [0.05, 0.1) is 5.41 Å². The Bertz CT molecular complexity index is 1140. The average molecular weight is 556 g/mol. The lowest BCUT2D eigenvalue weighted by Gasteiger charge is -2.49. The molecule has 2 atom stereocenters. The zero-order chi connectivity index (χ0) is 26.6. The maximum Gasteiger partial charge on any atom is 0.358 e. The summed E-state index contributed by atoms with van der Waals surface area (Å²) >= 11 is 3.73. The molecule has 0 aromatic carbocycles. The molecule has 2 aliphatic rings. The van der Waals surface area contributed by atoms with Crippen molar-refractivity contribution in [1.82, 2.24) is 15.2 Å². The van der Waals surface area contributed by atoms with Crippen LogP contribution in [0.1, 0.15) is 26.5 Å². The molecule has 0 spiro atoms. The second-order valence-corrected chi connectivity index (χ2v) is 11.6. The first-order valence-corrected chi connectivity index (χ1v) is 13.4. The molecule has 4 N–H and O–H groups in total. The molecule has 12 nitrogen and oxygen atoms in total. The third kappa shape index (κ3) is 5.84. The number of hydrogen-bond donors (Lipinski definition) is 3. The van der Waals surface area contributed by atoms with Crippen LogP contribution in [0, 0.1) is 5.41 Å². The first-order chi connectivity index (χ1) is 17.0. The van der Waals surface area contributed by atoms with Crippen molar-refractivity contribution in [2.24, 2.45) is 10.6 Å². The average Bonchev–Trinajstić information content (AvgIpc) is 3.25. The topological polar surface area (TPSA) is 174 Å². The molecule has 1 saturated heterocycles. The van der Waals surface area contributed by atoms with Crippen molar-refractivity contribution in [2.75, 3.05) is 24.0 Å². The van der Waals surface area contributed by atoms with Gasteiger partial charge in [0.2, 0.25) is 6.79 Å². The number of carbonyl (C=O) groups excluding carboxylic acids is 4. The number of aromatic nitrogens is 1. The highest BCUT2D eigenvalue weighted by Gasteiger charge is 2.55. The van der Waals surface area contributed by atoms with Crippen molar-refractivity contribution < 1.29 is 33.9 Å². The van der Waals surface area contributed by atoms with Crippen LogP contribution in [0.15, 0.2) is 33.8 Å². The van der Waals surface area contributed by atoms with Crippen LogP contribution in [-0.4, -0.2) is 74.3 Å². The number of anilines is 1. The Morgan fingerprint density at radius 1 is 1.42 bits per heavy atom. The summed E-state index contributed by atoms with van der Waals surface area (Å²) in [7, 11) is 0. The lowest BCUT2D eigenvalue weighted by molar-refractivity contribution is -0.173. The number of nitrogens with one attached hydrogen (secondary N) is 1. The summed E-state index contributed by atoms with van der Waals surface area (Å²) in [5.74, 6) is -1.89. The van der Waals surface area contributed by atoms with E-state index < -0.39 is 53.1 Å². The zero-order valence-electron chi connectivity index (χ0n) is 19.7. The Balaban J connectivity index is 1.73. The zero-order valence-corrected chi connectivity index (χ0v) is 22.1. The lowest BCUT2D eigenvalue weighted by Crippen LogP contribution is -2.71. The summed E-state index contributed by atoms with van der Waals surface area (Å²) in [6.45, 7) is 8.05. The molecule has 1 aromatic heterocycles. The quantitative estimate of drug-likeness (QED) is 0.0767. The summed E-state index contributed by atoms with van der Waals surface area (Å²) < 4.78 is 10.2. The molecule has 3 rings (SSSR count). The third-order valence-corrected chi connectivity index (χ3v) is 8.09. The molecule has 15 heteroatoms. The minimum atomic E-state index is -0.984. The molecule has 2 aliphatic heterocycles. The van der Waals surface area contributed by atoms with E-state index in [-0.39, 0.29) is 16.5 Å². The summed E-state index contributed by atoms with van der Waals surface area (Å²) in [6, 6.07) is -0.984. The molecule has 3 heterocycles. The molecular formula is C21H25N5O7S3. The molecule has 0 bridgehead atoms. The van der Waals surface area contributed by atoms with E-state index in [1.54, 1.807) is 26.8 Å². The van der Waals surface area contributed by atoms with Gasteiger partial charge < -0.3 is 25.7 Å². The van der Waals surface area contributed by atoms with Gasteiger partial charge in [-0.1, -0.05) is 11.2 Å². The summed E-state index contributed by atoms with van der Waals surface area (Å²) in [5.41, 5.74) is 4.49. The van der Waals surface area contributed by atoms with Gasteiger partial charge in [0.15, 0.2) is 10.8 Å². The molecule has 1 aromatic rings. The highest BCUT2D eigenvalue weighted by molar-refractivity contribution is 8.06. The van der Waals surface area contributed by atoms with Crippen LogP contribution in [0.4, 0.5) is 5.13 Å². The van der Waals surface area contributed by atoms with Crippen molar-refractivity contribution in [2.45, 2.75) is 32.2 Å². The number of carbonyl (C=O) groups is 4. The van der Waals surface area contributed by atoms with Gasteiger partial charge >= 0.3 is 11.9 Å². The molecule has 0 radical (unpaired) electrons. The van der Waals surface area contributed by atoms with Crippen molar-refractivity contribution in [3.63, 3.8) is 0 Å². The Morgan fingerprint density at radius 3 is 2.72 bits per heavy atom. The Labute approximate surface area is 219 Å². The van der Waals surface area contributed by atoms with Gasteiger partial charge in [0, 0.05) is 21.8 Å². The van der Waals surface area contributed by atoms with Crippen molar-refractivity contribution >= 4 is 69.5 Å². The van der Waals surface area contributed by atoms with Crippen molar-refractivity contribution in [3.05, 3.63) is 34.3 Å². The summed E-state index contributed by atoms with van der Waals surface area (Å²) in [4.78, 5) is 56.4. The van der Waals surface area contributed by atoms with E-state index in [1.165, 1.54) is 33.8 Å². The highest BCUT2D eigenvalue weighted by Crippen LogP contribution is 2.43. The fourth-order valence-electron chi connectivity index (χ4n) is 3.09. The number of hydrogen-bond acceptors (Lipinski definition) is 13. The fourth-order valence-corrected chi connectivity index (χ4v) is 6.01. The van der Waals surface area contributed by atoms with Gasteiger partial charge in [-0.3, -0.25) is 19.3 Å². The number of nitrogens with zero attached hydrogens (tertiary/aromatic N) is 3. The van der Waals surface area contributed by atoms with Gasteiger partial charge in [-0.05, 0) is 20.8 Å². The summed E-state index contributed by atoms with van der Waals surface area (Å²) in [5, 5.41) is 15.8. The normalized spacial score (nSPS) is 19.8. The van der Waals surface area contributed by atoms with E-state index >= 15 is 0 Å². The van der Waals surface area contributed by atoms with Crippen LogP contribution < -0.4 is 11.1 Å². The van der Waals surface area contributed by atoms with Crippen LogP contribution in [0.2, 0.25) is 0 Å². The second-order valence-electron chi connectivity index (χ2n) is 8.48. The first kappa shape index (κ1) is 27.5. The Hall–Kier alpha value is -3.04. The molecular weight excluding hydrogens is 530 g/mol. The number of ether oxygens (including phenoxy) is 2. The predicted octanol–water partition coefficient (Wildman–Crippen LogP) is 1.52. The monoisotopic (exact) mass is 555 g/mol. The molecule has 194 valence electrons. The van der Waals surface area contributed by atoms with E-state index in [4.69, 9.17) is 15.2 Å². The van der Waals surface area contributed by atoms with Gasteiger partial charge in [0.1, 0.15) is 22.8 Å². The van der Waals surface area contributed by atoms with E-state index in [0.717, 1.165) is 11.3 Å². The molecule has 2 amide bonds. The minimum absolute atomic E-state index is 0.0243. The number of oxime groups is 1. The molecule has 1 fully saturated rings. The minimum Gasteiger partial charge on any atom is -0.427 e. The van der Waals surface area contributed by atoms with Crippen molar-refractivity contribution in [3.8, 4) is 0 Å². The maximum atomic E-state index is 13.0. The number of β-lactam (4-membered cyclic amide) rings is 1. The number of rotatable bonds is 9. The number of nitrogens with two attached hydrogens (primary N) is 1. The van der Waals surface area contributed by atoms with Crippen molar-refractivity contribution in [1.29, 1.82) is 0 Å². The molecule has 0 unspecified atom stereocenters. The van der Waals surface area contributed by atoms with E-state index in [1.807, 2.05) is 0 Å². The smallest absolute Gasteiger partial charge is 0.358 e. The number of nitrogen functional groups attached to an aromatic ring is 1. The first-order valence-electron chi connectivity index (χ1n) is 10.5. The van der Waals surface area contributed by atoms with E-state index in [0.29, 0.717) is 16.4 Å². The highest BCUT2D eigenvalue weighted by atomic mass is 32.2. The maximum absolute atomic E-state index is 13.0. The van der Waals surface area contributed by atoms with Crippen LogP contribution in [0.3, 0.4) is 0 Å². The number of fused-ring (bicyclic) bond motifs is 1. The fraction of sp³-hybridized carbons (Fsp3) is 0.429. The molecule has 0 aliphatic carbocycles. The van der Waals surface area contributed by atoms with Gasteiger partial charge in [0.25, 0.3) is 11.8 Å². The predicted molar refractivity (Wildman–Crippen MR) is 136 cm³/mol. The van der Waals surface area contributed by atoms with Crippen LogP contribution in [-0.2, 0) is 28.7 Å². The number of thiazole rings is 1. The SMILES string of the molecule is C=CCSC1=C(C(=O)OCOC(=O)C(C)(C)C)N2C(=O)[C@@H](NC(=O)/C(=N\O)c3csc(N)n3)[C@H]2SC1. The Kier molecular flexibility index (Phi) is 8.68. The number of amides is 2. The lowest BCUT2D eigenvalue weighted by atomic mass is 9.98. The Morgan fingerprint density at radius 2 is 2.14 bits per heavy atom. The number of thioether (sulfide) groups is 2. The number of esters is 2. The van der Waals surface area contributed by atoms with E-state index in [9.17, 15) is 24.4 Å². The van der Waals surface area contributed by atoms with Gasteiger partial charge in [-0.2, -0.15) is 0 Å². The van der Waals surface area contributed by atoms with Gasteiger partial charge in [-0.15, -0.1) is 41.4 Å². The van der Waals surface area contributed by atoms with Crippen LogP contribution in [0.5, 0.6) is 0 Å². The summed E-state index contributed by atoms with van der Waals surface area (Å²) in [6.07, 6.45) is 1.66. The molecule has 36 heavy (non-hydrogen) atoms. The molecule has 0 saturated carbocycles. The third-order valence-electron chi connectivity index (χ3n) is 4.86. The van der Waals surface area contributed by atoms with Crippen LogP contribution >= 0.6 is 34.9 Å². The van der Waals surface area contributed by atoms with E-state index in [2.05, 4.69) is 22.0 Å².